The number of para-hydroxylation sites is 1. The summed E-state index contributed by atoms with van der Waals surface area (Å²) < 4.78 is 22.9. The molecule has 0 saturated carbocycles. The van der Waals surface area contributed by atoms with Gasteiger partial charge >= 0.3 is 0 Å². The van der Waals surface area contributed by atoms with E-state index in [1.165, 1.54) is 0 Å². The maximum atomic E-state index is 11.8. The zero-order chi connectivity index (χ0) is 16.3. The molecule has 0 aromatic heterocycles. The number of aliphatic hydroxyl groups is 3. The second-order valence-electron chi connectivity index (χ2n) is 6.03. The van der Waals surface area contributed by atoms with Gasteiger partial charge in [0.15, 0.2) is 0 Å². The molecule has 0 aliphatic carbocycles. The van der Waals surface area contributed by atoms with Crippen LogP contribution in [0.15, 0.2) is 30.3 Å². The molecular formula is C15H23O6P. The fourth-order valence-corrected chi connectivity index (χ4v) is 3.20. The highest BCUT2D eigenvalue weighted by Crippen LogP contribution is 2.38. The molecule has 7 heteroatoms. The van der Waals surface area contributed by atoms with Gasteiger partial charge in [0, 0.05) is 6.16 Å². The van der Waals surface area contributed by atoms with E-state index in [-0.39, 0.29) is 0 Å². The third-order valence-electron chi connectivity index (χ3n) is 3.62. The first-order chi connectivity index (χ1) is 10.3. The van der Waals surface area contributed by atoms with Gasteiger partial charge in [-0.2, -0.15) is 0 Å². The summed E-state index contributed by atoms with van der Waals surface area (Å²) in [6.07, 6.45) is -5.09. The Bertz CT molecular complexity index is 516. The van der Waals surface area contributed by atoms with Gasteiger partial charge in [0.25, 0.3) is 0 Å². The molecule has 1 saturated heterocycles. The molecule has 124 valence electrons. The molecule has 1 heterocycles. The van der Waals surface area contributed by atoms with Crippen molar-refractivity contribution in [2.45, 2.75) is 37.1 Å². The molecule has 1 aliphatic rings. The Morgan fingerprint density at radius 3 is 2.32 bits per heavy atom. The Morgan fingerprint density at radius 1 is 1.09 bits per heavy atom. The van der Waals surface area contributed by atoms with Crippen LogP contribution in [-0.4, -0.2) is 65.5 Å². The summed E-state index contributed by atoms with van der Waals surface area (Å²) in [5.41, 5.74) is 0. The molecule has 1 aromatic rings. The van der Waals surface area contributed by atoms with E-state index in [2.05, 4.69) is 0 Å². The number of ether oxygens (including phenoxy) is 2. The lowest BCUT2D eigenvalue weighted by Gasteiger charge is -2.40. The van der Waals surface area contributed by atoms with Crippen LogP contribution in [0, 0.1) is 0 Å². The molecular weight excluding hydrogens is 307 g/mol. The molecule has 0 spiro atoms. The summed E-state index contributed by atoms with van der Waals surface area (Å²) in [4.78, 5) is 0. The predicted molar refractivity (Wildman–Crippen MR) is 82.7 cm³/mol. The Hall–Kier alpha value is -0.910. The van der Waals surface area contributed by atoms with Crippen molar-refractivity contribution in [3.63, 3.8) is 0 Å². The van der Waals surface area contributed by atoms with Gasteiger partial charge in [-0.05, 0) is 31.9 Å². The van der Waals surface area contributed by atoms with E-state index in [9.17, 15) is 19.9 Å². The second-order valence-corrected chi connectivity index (χ2v) is 9.63. The third kappa shape index (κ3) is 4.54. The fourth-order valence-electron chi connectivity index (χ4n) is 2.32. The molecule has 0 radical (unpaired) electrons. The lowest BCUT2D eigenvalue weighted by molar-refractivity contribution is -0.272. The van der Waals surface area contributed by atoms with Crippen molar-refractivity contribution in [2.24, 2.45) is 0 Å². The summed E-state index contributed by atoms with van der Waals surface area (Å²) in [6, 6.07) is 8.78. The van der Waals surface area contributed by atoms with E-state index in [1.807, 2.05) is 6.07 Å². The topological polar surface area (TPSA) is 96.2 Å². The van der Waals surface area contributed by atoms with Gasteiger partial charge in [-0.1, -0.05) is 18.2 Å². The lowest BCUT2D eigenvalue weighted by Crippen LogP contribution is -2.59. The minimum atomic E-state index is -2.26. The van der Waals surface area contributed by atoms with Gasteiger partial charge in [0.2, 0.25) is 6.29 Å². The van der Waals surface area contributed by atoms with Crippen molar-refractivity contribution in [1.29, 1.82) is 0 Å². The van der Waals surface area contributed by atoms with Crippen LogP contribution in [-0.2, 0) is 9.30 Å². The summed E-state index contributed by atoms with van der Waals surface area (Å²) in [6.45, 7) is 3.32. The average molecular weight is 330 g/mol. The number of rotatable bonds is 5. The zero-order valence-corrected chi connectivity index (χ0v) is 13.6. The first-order valence-electron chi connectivity index (χ1n) is 7.23. The van der Waals surface area contributed by atoms with Crippen LogP contribution in [0.2, 0.25) is 0 Å². The van der Waals surface area contributed by atoms with Crippen LogP contribution in [0.3, 0.4) is 0 Å². The Morgan fingerprint density at radius 2 is 1.73 bits per heavy atom. The molecule has 5 atom stereocenters. The Labute approximate surface area is 130 Å². The highest BCUT2D eigenvalue weighted by molar-refractivity contribution is 7.62. The van der Waals surface area contributed by atoms with Gasteiger partial charge in [0.1, 0.15) is 24.1 Å². The molecule has 6 nitrogen and oxygen atoms in total. The molecule has 2 rings (SSSR count). The maximum absolute atomic E-state index is 11.8. The van der Waals surface area contributed by atoms with Gasteiger partial charge in [-0.3, -0.25) is 0 Å². The number of hydrogen-bond donors (Lipinski definition) is 3. The van der Waals surface area contributed by atoms with Crippen molar-refractivity contribution in [3.8, 4) is 5.75 Å². The molecule has 0 amide bonds. The van der Waals surface area contributed by atoms with Crippen molar-refractivity contribution >= 4 is 7.14 Å². The number of benzene rings is 1. The largest absolute Gasteiger partial charge is 0.462 e. The van der Waals surface area contributed by atoms with Crippen molar-refractivity contribution in [2.75, 3.05) is 19.5 Å². The van der Waals surface area contributed by atoms with Crippen LogP contribution in [0.5, 0.6) is 5.75 Å². The Balaban J connectivity index is 2.05. The van der Waals surface area contributed by atoms with Gasteiger partial charge < -0.3 is 29.4 Å². The van der Waals surface area contributed by atoms with Crippen LogP contribution in [0.4, 0.5) is 0 Å². The highest BCUT2D eigenvalue weighted by Gasteiger charge is 2.44. The van der Waals surface area contributed by atoms with E-state index in [0.29, 0.717) is 18.3 Å². The summed E-state index contributed by atoms with van der Waals surface area (Å²) >= 11 is 0. The van der Waals surface area contributed by atoms with E-state index < -0.39 is 37.8 Å². The number of hydrogen-bond acceptors (Lipinski definition) is 6. The van der Waals surface area contributed by atoms with Crippen molar-refractivity contribution < 1.29 is 29.4 Å². The van der Waals surface area contributed by atoms with E-state index >= 15 is 0 Å². The Kier molecular flexibility index (Phi) is 5.64. The highest BCUT2D eigenvalue weighted by atomic mass is 31.2. The van der Waals surface area contributed by atoms with Crippen LogP contribution < -0.4 is 4.74 Å². The van der Waals surface area contributed by atoms with Crippen LogP contribution in [0.1, 0.15) is 6.42 Å². The predicted octanol–water partition coefficient (Wildman–Crippen LogP) is 0.886. The monoisotopic (exact) mass is 330 g/mol. The van der Waals surface area contributed by atoms with Crippen molar-refractivity contribution in [1.82, 2.24) is 0 Å². The van der Waals surface area contributed by atoms with E-state index in [0.717, 1.165) is 0 Å². The van der Waals surface area contributed by atoms with Gasteiger partial charge in [0.05, 0.1) is 13.2 Å². The maximum Gasteiger partial charge on any atom is 0.229 e. The molecule has 1 aromatic carbocycles. The molecule has 3 N–H and O–H groups in total. The fraction of sp³-hybridized carbons (Fsp3) is 0.600. The summed E-state index contributed by atoms with van der Waals surface area (Å²) in [5.74, 6) is 0.491. The number of aliphatic hydroxyl groups excluding tert-OH is 3. The molecule has 22 heavy (non-hydrogen) atoms. The van der Waals surface area contributed by atoms with Gasteiger partial charge in [-0.25, -0.2) is 0 Å². The molecule has 0 bridgehead atoms. The first kappa shape index (κ1) is 17.4. The van der Waals surface area contributed by atoms with E-state index in [4.69, 9.17) is 9.47 Å². The summed E-state index contributed by atoms with van der Waals surface area (Å²) in [7, 11) is -2.26. The van der Waals surface area contributed by atoms with E-state index in [1.54, 1.807) is 37.6 Å². The smallest absolute Gasteiger partial charge is 0.229 e. The molecule has 0 unspecified atom stereocenters. The summed E-state index contributed by atoms with van der Waals surface area (Å²) in [5, 5.41) is 30.0. The SMILES string of the molecule is CP(C)(=O)CC[C@H]1O[C@H](Oc2ccccc2)[C@@H](O)[C@@H](O)[C@@H]1O. The molecule has 1 fully saturated rings. The lowest BCUT2D eigenvalue weighted by atomic mass is 9.97. The minimum Gasteiger partial charge on any atom is -0.462 e. The van der Waals surface area contributed by atoms with Crippen molar-refractivity contribution in [3.05, 3.63) is 30.3 Å². The standard InChI is InChI=1S/C15H23O6P/c1-22(2,19)9-8-11-12(16)13(17)14(18)15(21-11)20-10-6-4-3-5-7-10/h3-7,11-18H,8-9H2,1-2H3/t11-,12-,13+,14+,15+/m1/s1. The normalized spacial score (nSPS) is 32.7. The minimum absolute atomic E-state index is 0.323. The van der Waals surface area contributed by atoms with Crippen LogP contribution in [0.25, 0.3) is 0 Å². The second kappa shape index (κ2) is 7.11. The molecule has 1 aliphatic heterocycles. The average Bonchev–Trinajstić information content (AvgIpc) is 2.47. The third-order valence-corrected chi connectivity index (χ3v) is 4.95. The first-order valence-corrected chi connectivity index (χ1v) is 10.0. The van der Waals surface area contributed by atoms with Gasteiger partial charge in [-0.15, -0.1) is 0 Å². The quantitative estimate of drug-likeness (QED) is 0.694. The zero-order valence-electron chi connectivity index (χ0n) is 12.7. The van der Waals surface area contributed by atoms with Crippen LogP contribution >= 0.6 is 7.14 Å².